The second-order valence-corrected chi connectivity index (χ2v) is 5.44. The van der Waals surface area contributed by atoms with Gasteiger partial charge < -0.3 is 11.1 Å². The van der Waals surface area contributed by atoms with Crippen molar-refractivity contribution in [1.82, 2.24) is 5.32 Å². The molecule has 5 heteroatoms. The van der Waals surface area contributed by atoms with Crippen LogP contribution in [0.15, 0.2) is 24.3 Å². The summed E-state index contributed by atoms with van der Waals surface area (Å²) in [6.45, 7) is 0. The molecule has 0 spiro atoms. The number of nitriles is 1. The second kappa shape index (κ2) is 6.89. The maximum atomic E-state index is 12.2. The van der Waals surface area contributed by atoms with Gasteiger partial charge in [0.25, 0.3) is 5.91 Å². The highest BCUT2D eigenvalue weighted by molar-refractivity contribution is 5.97. The summed E-state index contributed by atoms with van der Waals surface area (Å²) in [7, 11) is 0. The average Bonchev–Trinajstić information content (AvgIpc) is 2.53. The lowest BCUT2D eigenvalue weighted by molar-refractivity contribution is -0.121. The number of benzene rings is 1. The van der Waals surface area contributed by atoms with Crippen molar-refractivity contribution in [2.75, 3.05) is 0 Å². The van der Waals surface area contributed by atoms with Crippen LogP contribution in [-0.2, 0) is 4.79 Å². The van der Waals surface area contributed by atoms with Crippen molar-refractivity contribution in [2.45, 2.75) is 38.1 Å². The maximum absolute atomic E-state index is 12.2. The molecule has 110 valence electrons. The number of carbonyl (C=O) groups excluding carboxylic acids is 2. The number of nitrogens with two attached hydrogens (primary N) is 1. The zero-order valence-electron chi connectivity index (χ0n) is 11.8. The fourth-order valence-corrected chi connectivity index (χ4v) is 2.81. The first kappa shape index (κ1) is 15.0. The Hall–Kier alpha value is -2.35. The van der Waals surface area contributed by atoms with Gasteiger partial charge in [0, 0.05) is 5.56 Å². The van der Waals surface area contributed by atoms with Crippen LogP contribution in [0, 0.1) is 17.2 Å². The van der Waals surface area contributed by atoms with Crippen molar-refractivity contribution in [1.29, 1.82) is 5.26 Å². The summed E-state index contributed by atoms with van der Waals surface area (Å²) in [6.07, 6.45) is 5.15. The van der Waals surface area contributed by atoms with Crippen LogP contribution in [0.5, 0.6) is 0 Å². The topological polar surface area (TPSA) is 96.0 Å². The van der Waals surface area contributed by atoms with E-state index in [0.717, 1.165) is 25.7 Å². The molecule has 3 N–H and O–H groups in total. The van der Waals surface area contributed by atoms with E-state index < -0.39 is 11.9 Å². The van der Waals surface area contributed by atoms with Crippen LogP contribution in [-0.4, -0.2) is 17.9 Å². The third kappa shape index (κ3) is 3.82. The van der Waals surface area contributed by atoms with Crippen LogP contribution in [0.25, 0.3) is 0 Å². The highest BCUT2D eigenvalue weighted by Crippen LogP contribution is 2.26. The molecule has 0 saturated heterocycles. The molecular formula is C16H19N3O2. The van der Waals surface area contributed by atoms with Gasteiger partial charge in [-0.1, -0.05) is 19.3 Å². The molecule has 1 aliphatic carbocycles. The summed E-state index contributed by atoms with van der Waals surface area (Å²) in [4.78, 5) is 23.8. The van der Waals surface area contributed by atoms with Gasteiger partial charge in [-0.2, -0.15) is 5.26 Å². The van der Waals surface area contributed by atoms with Crippen LogP contribution in [0.3, 0.4) is 0 Å². The van der Waals surface area contributed by atoms with E-state index in [1.165, 1.54) is 6.42 Å². The van der Waals surface area contributed by atoms with E-state index in [1.54, 1.807) is 24.3 Å². The highest BCUT2D eigenvalue weighted by atomic mass is 16.2. The molecule has 0 heterocycles. The number of nitrogens with one attached hydrogen (secondary N) is 1. The van der Waals surface area contributed by atoms with Crippen molar-refractivity contribution < 1.29 is 9.59 Å². The Morgan fingerprint density at radius 3 is 2.33 bits per heavy atom. The molecule has 1 saturated carbocycles. The van der Waals surface area contributed by atoms with Crippen molar-refractivity contribution in [3.8, 4) is 6.07 Å². The van der Waals surface area contributed by atoms with Crippen molar-refractivity contribution in [3.63, 3.8) is 0 Å². The first-order valence-electron chi connectivity index (χ1n) is 7.22. The molecule has 2 amide bonds. The van der Waals surface area contributed by atoms with E-state index in [4.69, 9.17) is 11.0 Å². The van der Waals surface area contributed by atoms with Crippen LogP contribution in [0.4, 0.5) is 0 Å². The summed E-state index contributed by atoms with van der Waals surface area (Å²) < 4.78 is 0. The van der Waals surface area contributed by atoms with E-state index in [9.17, 15) is 9.59 Å². The first-order valence-corrected chi connectivity index (χ1v) is 7.22. The fraction of sp³-hybridized carbons (Fsp3) is 0.438. The first-order chi connectivity index (χ1) is 10.1. The van der Waals surface area contributed by atoms with Gasteiger partial charge in [0.2, 0.25) is 5.91 Å². The van der Waals surface area contributed by atoms with Gasteiger partial charge in [-0.15, -0.1) is 0 Å². The molecule has 0 aromatic heterocycles. The average molecular weight is 285 g/mol. The van der Waals surface area contributed by atoms with Gasteiger partial charge in [-0.25, -0.2) is 0 Å². The van der Waals surface area contributed by atoms with E-state index in [1.807, 2.05) is 6.07 Å². The Morgan fingerprint density at radius 2 is 1.81 bits per heavy atom. The molecule has 1 aromatic carbocycles. The lowest BCUT2D eigenvalue weighted by Crippen LogP contribution is -2.49. The molecule has 0 bridgehead atoms. The van der Waals surface area contributed by atoms with Crippen molar-refractivity contribution in [2.24, 2.45) is 11.7 Å². The number of hydrogen-bond donors (Lipinski definition) is 2. The van der Waals surface area contributed by atoms with Gasteiger partial charge in [0.15, 0.2) is 0 Å². The minimum Gasteiger partial charge on any atom is -0.368 e. The van der Waals surface area contributed by atoms with Crippen molar-refractivity contribution in [3.05, 3.63) is 35.4 Å². The lowest BCUT2D eigenvalue weighted by atomic mass is 9.83. The zero-order chi connectivity index (χ0) is 15.2. The molecule has 0 aliphatic heterocycles. The van der Waals surface area contributed by atoms with Crippen LogP contribution in [0.1, 0.15) is 48.0 Å². The molecule has 1 fully saturated rings. The Kier molecular flexibility index (Phi) is 4.94. The number of nitrogens with zero attached hydrogens (tertiary/aromatic N) is 1. The summed E-state index contributed by atoms with van der Waals surface area (Å²) >= 11 is 0. The highest BCUT2D eigenvalue weighted by Gasteiger charge is 2.29. The van der Waals surface area contributed by atoms with Gasteiger partial charge in [0.1, 0.15) is 6.04 Å². The number of amides is 2. The zero-order valence-corrected chi connectivity index (χ0v) is 11.8. The predicted octanol–water partition coefficient (Wildman–Crippen LogP) is 1.72. The predicted molar refractivity (Wildman–Crippen MR) is 78.2 cm³/mol. The molecule has 5 nitrogen and oxygen atoms in total. The Bertz CT molecular complexity index is 554. The second-order valence-electron chi connectivity index (χ2n) is 5.44. The molecule has 0 unspecified atom stereocenters. The molecule has 1 aromatic rings. The Morgan fingerprint density at radius 1 is 1.19 bits per heavy atom. The van der Waals surface area contributed by atoms with Crippen LogP contribution in [0.2, 0.25) is 0 Å². The number of rotatable bonds is 4. The lowest BCUT2D eigenvalue weighted by Gasteiger charge is -2.28. The summed E-state index contributed by atoms with van der Waals surface area (Å²) in [6, 6.07) is 7.69. The van der Waals surface area contributed by atoms with E-state index in [-0.39, 0.29) is 11.8 Å². The van der Waals surface area contributed by atoms with Crippen molar-refractivity contribution >= 4 is 11.8 Å². The number of primary amides is 1. The van der Waals surface area contributed by atoms with Gasteiger partial charge >= 0.3 is 0 Å². The molecular weight excluding hydrogens is 266 g/mol. The standard InChI is InChI=1S/C16H19N3O2/c17-10-11-6-8-13(9-7-11)16(21)19-14(15(18)20)12-4-2-1-3-5-12/h6-9,12,14H,1-5H2,(H2,18,20)(H,19,21)/t14-/m0/s1. The number of carbonyl (C=O) groups is 2. The maximum Gasteiger partial charge on any atom is 0.251 e. The van der Waals surface area contributed by atoms with Crippen LogP contribution >= 0.6 is 0 Å². The minimum atomic E-state index is -0.617. The SMILES string of the molecule is N#Cc1ccc(C(=O)N[C@H](C(N)=O)C2CCCCC2)cc1. The molecule has 21 heavy (non-hydrogen) atoms. The van der Waals surface area contributed by atoms with Gasteiger partial charge in [0.05, 0.1) is 11.6 Å². The molecule has 2 rings (SSSR count). The Labute approximate surface area is 124 Å². The number of hydrogen-bond acceptors (Lipinski definition) is 3. The molecule has 1 atom stereocenters. The summed E-state index contributed by atoms with van der Waals surface area (Å²) in [5.74, 6) is -0.684. The van der Waals surface area contributed by atoms with Gasteiger partial charge in [-0.05, 0) is 43.0 Å². The molecule has 0 radical (unpaired) electrons. The van der Waals surface area contributed by atoms with E-state index in [2.05, 4.69) is 5.32 Å². The minimum absolute atomic E-state index is 0.124. The third-order valence-corrected chi connectivity index (χ3v) is 3.99. The fourth-order valence-electron chi connectivity index (χ4n) is 2.81. The smallest absolute Gasteiger partial charge is 0.251 e. The quantitative estimate of drug-likeness (QED) is 0.881. The summed E-state index contributed by atoms with van der Waals surface area (Å²) in [5, 5.41) is 11.5. The largest absolute Gasteiger partial charge is 0.368 e. The monoisotopic (exact) mass is 285 g/mol. The Balaban J connectivity index is 2.06. The summed E-state index contributed by atoms with van der Waals surface area (Å²) in [5.41, 5.74) is 6.36. The van der Waals surface area contributed by atoms with E-state index >= 15 is 0 Å². The van der Waals surface area contributed by atoms with Crippen LogP contribution < -0.4 is 11.1 Å². The van der Waals surface area contributed by atoms with E-state index in [0.29, 0.717) is 11.1 Å². The normalized spacial score (nSPS) is 16.7. The van der Waals surface area contributed by atoms with Gasteiger partial charge in [-0.3, -0.25) is 9.59 Å². The molecule has 1 aliphatic rings. The third-order valence-electron chi connectivity index (χ3n) is 3.99.